The highest BCUT2D eigenvalue weighted by molar-refractivity contribution is 9.10. The molecule has 0 spiro atoms. The smallest absolute Gasteiger partial charge is 0.139 e. The van der Waals surface area contributed by atoms with Crippen LogP contribution in [0.3, 0.4) is 0 Å². The van der Waals surface area contributed by atoms with Gasteiger partial charge in [0, 0.05) is 16.4 Å². The molecule has 3 nitrogen and oxygen atoms in total. The fraction of sp³-hybridized carbons (Fsp3) is 0.118. The lowest BCUT2D eigenvalue weighted by Gasteiger charge is -2.22. The predicted molar refractivity (Wildman–Crippen MR) is 96.9 cm³/mol. The summed E-state index contributed by atoms with van der Waals surface area (Å²) in [6, 6.07) is 11.3. The number of anilines is 1. The standard InChI is InChI=1S/C17H13BrFN3S/c1-11-17(21-8-13(19)4-7-16(21)20-11)15-9-23-10-22(15)14-5-2-12(18)3-6-14/h2-9H,10H2,1H3. The van der Waals surface area contributed by atoms with Crippen molar-refractivity contribution >= 4 is 44.7 Å². The van der Waals surface area contributed by atoms with Gasteiger partial charge in [-0.3, -0.25) is 4.40 Å². The molecule has 0 amide bonds. The van der Waals surface area contributed by atoms with Crippen molar-refractivity contribution in [2.45, 2.75) is 6.92 Å². The largest absolute Gasteiger partial charge is 0.329 e. The fourth-order valence-corrected chi connectivity index (χ4v) is 3.96. The summed E-state index contributed by atoms with van der Waals surface area (Å²) in [7, 11) is 0. The number of pyridine rings is 1. The van der Waals surface area contributed by atoms with Crippen LogP contribution < -0.4 is 4.90 Å². The van der Waals surface area contributed by atoms with Crippen LogP contribution in [0.5, 0.6) is 0 Å². The zero-order valence-corrected chi connectivity index (χ0v) is 14.7. The second kappa shape index (κ2) is 5.69. The van der Waals surface area contributed by atoms with Crippen LogP contribution >= 0.6 is 27.7 Å². The van der Waals surface area contributed by atoms with E-state index in [4.69, 9.17) is 0 Å². The van der Waals surface area contributed by atoms with Gasteiger partial charge in [0.25, 0.3) is 0 Å². The van der Waals surface area contributed by atoms with Crippen LogP contribution in [-0.4, -0.2) is 15.3 Å². The minimum Gasteiger partial charge on any atom is -0.329 e. The van der Waals surface area contributed by atoms with Crippen LogP contribution in [0.25, 0.3) is 11.3 Å². The zero-order chi connectivity index (χ0) is 16.0. The normalized spacial score (nSPS) is 14.6. The van der Waals surface area contributed by atoms with Crippen molar-refractivity contribution in [3.8, 4) is 0 Å². The van der Waals surface area contributed by atoms with Crippen molar-refractivity contribution in [1.29, 1.82) is 0 Å². The van der Waals surface area contributed by atoms with Crippen molar-refractivity contribution in [3.63, 3.8) is 0 Å². The topological polar surface area (TPSA) is 20.5 Å². The molecule has 0 radical (unpaired) electrons. The van der Waals surface area contributed by atoms with E-state index in [1.54, 1.807) is 17.8 Å². The lowest BCUT2D eigenvalue weighted by molar-refractivity contribution is 0.619. The molecule has 2 aromatic heterocycles. The Labute approximate surface area is 146 Å². The minimum absolute atomic E-state index is 0.266. The van der Waals surface area contributed by atoms with E-state index < -0.39 is 0 Å². The summed E-state index contributed by atoms with van der Waals surface area (Å²) in [6.07, 6.45) is 1.49. The highest BCUT2D eigenvalue weighted by Crippen LogP contribution is 2.37. The Morgan fingerprint density at radius 3 is 2.74 bits per heavy atom. The molecule has 0 bridgehead atoms. The van der Waals surface area contributed by atoms with Crippen LogP contribution in [0, 0.1) is 12.7 Å². The van der Waals surface area contributed by atoms with Crippen molar-refractivity contribution in [1.82, 2.24) is 9.38 Å². The molecule has 1 aliphatic rings. The van der Waals surface area contributed by atoms with E-state index in [0.717, 1.165) is 38.8 Å². The average molecular weight is 390 g/mol. The second-order valence-electron chi connectivity index (χ2n) is 5.32. The average Bonchev–Trinajstić information content (AvgIpc) is 3.11. The van der Waals surface area contributed by atoms with Gasteiger partial charge < -0.3 is 4.90 Å². The van der Waals surface area contributed by atoms with E-state index in [9.17, 15) is 4.39 Å². The Kier molecular flexibility index (Phi) is 3.66. The molecule has 0 N–H and O–H groups in total. The Morgan fingerprint density at radius 1 is 1.17 bits per heavy atom. The van der Waals surface area contributed by atoms with E-state index >= 15 is 0 Å². The third kappa shape index (κ3) is 2.56. The molecule has 23 heavy (non-hydrogen) atoms. The molecule has 116 valence electrons. The highest BCUT2D eigenvalue weighted by atomic mass is 79.9. The maximum Gasteiger partial charge on any atom is 0.139 e. The number of thioether (sulfide) groups is 1. The molecule has 0 fully saturated rings. The van der Waals surface area contributed by atoms with E-state index in [0.29, 0.717) is 0 Å². The summed E-state index contributed by atoms with van der Waals surface area (Å²) >= 11 is 5.19. The third-order valence-corrected chi connectivity index (χ3v) is 5.15. The second-order valence-corrected chi connectivity index (χ2v) is 7.07. The summed E-state index contributed by atoms with van der Waals surface area (Å²) in [5.74, 6) is 0.566. The van der Waals surface area contributed by atoms with Gasteiger partial charge >= 0.3 is 0 Å². The van der Waals surface area contributed by atoms with Crippen LogP contribution in [-0.2, 0) is 0 Å². The number of aryl methyl sites for hydroxylation is 1. The SMILES string of the molecule is Cc1nc2ccc(F)cn2c1C1=CSCN1c1ccc(Br)cc1. The molecule has 6 heteroatoms. The predicted octanol–water partition coefficient (Wildman–Crippen LogP) is 5.05. The zero-order valence-electron chi connectivity index (χ0n) is 12.3. The van der Waals surface area contributed by atoms with Crippen molar-refractivity contribution in [2.75, 3.05) is 10.8 Å². The molecular formula is C17H13BrFN3S. The van der Waals surface area contributed by atoms with E-state index in [1.165, 1.54) is 12.3 Å². The Balaban J connectivity index is 1.84. The summed E-state index contributed by atoms with van der Waals surface area (Å²) in [5, 5.41) is 2.11. The number of rotatable bonds is 2. The molecule has 4 rings (SSSR count). The molecule has 3 aromatic rings. The van der Waals surface area contributed by atoms with Crippen LogP contribution in [0.2, 0.25) is 0 Å². The first-order chi connectivity index (χ1) is 11.1. The van der Waals surface area contributed by atoms with Crippen molar-refractivity contribution in [2.24, 2.45) is 0 Å². The number of fused-ring (bicyclic) bond motifs is 1. The van der Waals surface area contributed by atoms with Gasteiger partial charge in [0.15, 0.2) is 0 Å². The first kappa shape index (κ1) is 14.8. The van der Waals surface area contributed by atoms with Gasteiger partial charge in [0.05, 0.1) is 23.0 Å². The summed E-state index contributed by atoms with van der Waals surface area (Å²) in [4.78, 5) is 6.77. The maximum absolute atomic E-state index is 13.7. The molecular weight excluding hydrogens is 377 g/mol. The molecule has 0 saturated carbocycles. The number of halogens is 2. The van der Waals surface area contributed by atoms with Crippen molar-refractivity contribution in [3.05, 3.63) is 69.7 Å². The van der Waals surface area contributed by atoms with Crippen LogP contribution in [0.4, 0.5) is 10.1 Å². The monoisotopic (exact) mass is 389 g/mol. The molecule has 1 aliphatic heterocycles. The Morgan fingerprint density at radius 2 is 1.96 bits per heavy atom. The van der Waals surface area contributed by atoms with Gasteiger partial charge in [0.2, 0.25) is 0 Å². The van der Waals surface area contributed by atoms with E-state index in [1.807, 2.05) is 23.5 Å². The van der Waals surface area contributed by atoms with Gasteiger partial charge in [-0.2, -0.15) is 0 Å². The maximum atomic E-state index is 13.7. The molecule has 0 unspecified atom stereocenters. The first-order valence-corrected chi connectivity index (χ1v) is 8.97. The van der Waals surface area contributed by atoms with Gasteiger partial charge in [0.1, 0.15) is 11.5 Å². The molecule has 0 aliphatic carbocycles. The Hall–Kier alpha value is -1.79. The lowest BCUT2D eigenvalue weighted by Crippen LogP contribution is -2.18. The highest BCUT2D eigenvalue weighted by Gasteiger charge is 2.24. The Bertz CT molecular complexity index is 917. The van der Waals surface area contributed by atoms with E-state index in [2.05, 4.69) is 43.4 Å². The quantitative estimate of drug-likeness (QED) is 0.611. The van der Waals surface area contributed by atoms with Crippen LogP contribution in [0.15, 0.2) is 52.5 Å². The summed E-state index contributed by atoms with van der Waals surface area (Å²) in [6.45, 7) is 1.96. The van der Waals surface area contributed by atoms with Gasteiger partial charge in [-0.25, -0.2) is 9.37 Å². The third-order valence-electron chi connectivity index (χ3n) is 3.83. The lowest BCUT2D eigenvalue weighted by atomic mass is 10.2. The number of aromatic nitrogens is 2. The number of hydrogen-bond acceptors (Lipinski definition) is 3. The van der Waals surface area contributed by atoms with E-state index in [-0.39, 0.29) is 5.82 Å². The number of nitrogens with zero attached hydrogens (tertiary/aromatic N) is 3. The molecule has 3 heterocycles. The summed E-state index contributed by atoms with van der Waals surface area (Å²) < 4.78 is 16.6. The minimum atomic E-state index is -0.266. The molecule has 0 atom stereocenters. The molecule has 1 aromatic carbocycles. The van der Waals surface area contributed by atoms with Gasteiger partial charge in [-0.15, -0.1) is 11.8 Å². The first-order valence-electron chi connectivity index (χ1n) is 7.13. The fourth-order valence-electron chi connectivity index (χ4n) is 2.79. The van der Waals surface area contributed by atoms with Gasteiger partial charge in [-0.05, 0) is 48.7 Å². The number of hydrogen-bond donors (Lipinski definition) is 0. The molecule has 0 saturated heterocycles. The van der Waals surface area contributed by atoms with Crippen molar-refractivity contribution < 1.29 is 4.39 Å². The summed E-state index contributed by atoms with van der Waals surface area (Å²) in [5.41, 5.74) is 4.74. The number of benzene rings is 1. The number of imidazole rings is 1. The van der Waals surface area contributed by atoms with Gasteiger partial charge in [-0.1, -0.05) is 15.9 Å². The van der Waals surface area contributed by atoms with Crippen LogP contribution in [0.1, 0.15) is 11.4 Å².